The number of imidazole rings is 1. The number of hydrogen-bond acceptors (Lipinski definition) is 6. The van der Waals surface area contributed by atoms with Crippen LogP contribution in [0.15, 0.2) is 42.6 Å². The van der Waals surface area contributed by atoms with Gasteiger partial charge in [-0.25, -0.2) is 14.4 Å². The molecule has 9 heteroatoms. The van der Waals surface area contributed by atoms with Gasteiger partial charge in [-0.2, -0.15) is 5.10 Å². The smallest absolute Gasteiger partial charge is 0.183 e. The molecule has 0 aliphatic carbocycles. The summed E-state index contributed by atoms with van der Waals surface area (Å²) in [5.41, 5.74) is 5.86. The van der Waals surface area contributed by atoms with Crippen LogP contribution in [0.25, 0.3) is 45.1 Å². The van der Waals surface area contributed by atoms with E-state index in [0.717, 1.165) is 70.1 Å². The van der Waals surface area contributed by atoms with E-state index in [1.54, 1.807) is 6.20 Å². The van der Waals surface area contributed by atoms with Crippen molar-refractivity contribution in [3.05, 3.63) is 65.6 Å². The molecule has 1 fully saturated rings. The van der Waals surface area contributed by atoms with Gasteiger partial charge in [-0.1, -0.05) is 25.1 Å². The molecule has 1 unspecified atom stereocenters. The Bertz CT molecular complexity index is 1700. The SMILES string of the molecule is CCC1/C=C/c2ccc(F)c3nccc(c23)-n2c1nc1c(-c3n[nH]c(C)n3)cc(N3CCOCC3)cc12. The van der Waals surface area contributed by atoms with Gasteiger partial charge in [0.15, 0.2) is 5.82 Å². The number of fused-ring (bicyclic) bond motifs is 4. The maximum Gasteiger partial charge on any atom is 0.183 e. The summed E-state index contributed by atoms with van der Waals surface area (Å²) in [7, 11) is 0. The number of aromatic nitrogens is 6. The average Bonchev–Trinajstić information content (AvgIpc) is 3.52. The molecule has 186 valence electrons. The number of halogens is 1. The number of pyridine rings is 1. The zero-order chi connectivity index (χ0) is 25.1. The third-order valence-corrected chi connectivity index (χ3v) is 7.36. The Morgan fingerprint density at radius 1 is 1.11 bits per heavy atom. The molecule has 2 aliphatic heterocycles. The van der Waals surface area contributed by atoms with Gasteiger partial charge < -0.3 is 9.64 Å². The van der Waals surface area contributed by atoms with Crippen LogP contribution < -0.4 is 4.90 Å². The van der Waals surface area contributed by atoms with Gasteiger partial charge in [0.2, 0.25) is 0 Å². The molecule has 37 heavy (non-hydrogen) atoms. The minimum atomic E-state index is -0.335. The van der Waals surface area contributed by atoms with Crippen molar-refractivity contribution in [3.63, 3.8) is 0 Å². The molecule has 5 aromatic rings. The molecule has 1 atom stereocenters. The van der Waals surface area contributed by atoms with E-state index < -0.39 is 0 Å². The molecule has 2 aliphatic rings. The van der Waals surface area contributed by atoms with Gasteiger partial charge in [0.1, 0.15) is 28.5 Å². The number of morpholine rings is 1. The number of hydrogen-bond donors (Lipinski definition) is 1. The van der Waals surface area contributed by atoms with Gasteiger partial charge in [0.25, 0.3) is 0 Å². The molecular formula is C28H26FN7O. The third kappa shape index (κ3) is 3.45. The molecule has 0 spiro atoms. The molecule has 0 saturated carbocycles. The van der Waals surface area contributed by atoms with Crippen molar-refractivity contribution in [3.8, 4) is 17.1 Å². The van der Waals surface area contributed by atoms with E-state index in [1.165, 1.54) is 6.07 Å². The number of ether oxygens (including phenoxy) is 1. The van der Waals surface area contributed by atoms with Gasteiger partial charge in [-0.05, 0) is 43.2 Å². The summed E-state index contributed by atoms with van der Waals surface area (Å²) in [6.07, 6.45) is 6.79. The number of aromatic amines is 1. The second kappa shape index (κ2) is 8.48. The molecule has 0 bridgehead atoms. The van der Waals surface area contributed by atoms with Crippen LogP contribution >= 0.6 is 0 Å². The fourth-order valence-electron chi connectivity index (χ4n) is 5.51. The van der Waals surface area contributed by atoms with E-state index in [2.05, 4.69) is 60.8 Å². The summed E-state index contributed by atoms with van der Waals surface area (Å²) in [6.45, 7) is 7.01. The van der Waals surface area contributed by atoms with Crippen molar-refractivity contribution < 1.29 is 9.13 Å². The molecule has 1 saturated heterocycles. The number of anilines is 1. The normalized spacial score (nSPS) is 18.1. The highest BCUT2D eigenvalue weighted by atomic mass is 19.1. The van der Waals surface area contributed by atoms with E-state index >= 15 is 0 Å². The molecular weight excluding hydrogens is 469 g/mol. The van der Waals surface area contributed by atoms with E-state index in [9.17, 15) is 4.39 Å². The van der Waals surface area contributed by atoms with Crippen LogP contribution in [0.4, 0.5) is 10.1 Å². The quantitative estimate of drug-likeness (QED) is 0.372. The van der Waals surface area contributed by atoms with Crippen LogP contribution in [0.3, 0.4) is 0 Å². The lowest BCUT2D eigenvalue weighted by Gasteiger charge is -2.29. The molecule has 2 aromatic carbocycles. The van der Waals surface area contributed by atoms with Crippen molar-refractivity contribution in [2.24, 2.45) is 0 Å². The lowest BCUT2D eigenvalue weighted by atomic mass is 9.98. The fourth-order valence-corrected chi connectivity index (χ4v) is 5.51. The summed E-state index contributed by atoms with van der Waals surface area (Å²) >= 11 is 0. The molecule has 3 aromatic heterocycles. The molecule has 1 N–H and O–H groups in total. The van der Waals surface area contributed by atoms with E-state index in [1.807, 2.05) is 19.1 Å². The number of allylic oxidation sites excluding steroid dienone is 1. The van der Waals surface area contributed by atoms with E-state index in [4.69, 9.17) is 9.72 Å². The molecule has 0 amide bonds. The molecule has 8 nitrogen and oxygen atoms in total. The van der Waals surface area contributed by atoms with Crippen LogP contribution in [0.2, 0.25) is 0 Å². The van der Waals surface area contributed by atoms with Crippen LogP contribution in [-0.4, -0.2) is 56.0 Å². The van der Waals surface area contributed by atoms with Crippen LogP contribution in [0.1, 0.15) is 36.5 Å². The van der Waals surface area contributed by atoms with Gasteiger partial charge in [0.05, 0.1) is 30.0 Å². The lowest BCUT2D eigenvalue weighted by molar-refractivity contribution is 0.122. The number of rotatable bonds is 3. The second-order valence-corrected chi connectivity index (χ2v) is 9.57. The number of benzene rings is 2. The number of H-pyrrole nitrogens is 1. The summed E-state index contributed by atoms with van der Waals surface area (Å²) in [5.74, 6) is 2.00. The highest BCUT2D eigenvalue weighted by Crippen LogP contribution is 2.40. The van der Waals surface area contributed by atoms with Crippen LogP contribution in [0.5, 0.6) is 0 Å². The zero-order valence-corrected chi connectivity index (χ0v) is 20.7. The van der Waals surface area contributed by atoms with Gasteiger partial charge in [-0.15, -0.1) is 0 Å². The predicted octanol–water partition coefficient (Wildman–Crippen LogP) is 5.16. The lowest BCUT2D eigenvalue weighted by Crippen LogP contribution is -2.36. The molecule has 5 heterocycles. The minimum absolute atomic E-state index is 0.0717. The van der Waals surface area contributed by atoms with Crippen LogP contribution in [0, 0.1) is 12.7 Å². The van der Waals surface area contributed by atoms with Crippen molar-refractivity contribution in [2.75, 3.05) is 31.2 Å². The summed E-state index contributed by atoms with van der Waals surface area (Å²) in [5, 5.41) is 8.24. The number of nitrogens with zero attached hydrogens (tertiary/aromatic N) is 6. The van der Waals surface area contributed by atoms with Crippen molar-refractivity contribution in [2.45, 2.75) is 26.2 Å². The Hall–Kier alpha value is -4.11. The summed E-state index contributed by atoms with van der Waals surface area (Å²) in [6, 6.07) is 9.60. The Balaban J connectivity index is 1.61. The maximum absolute atomic E-state index is 14.9. The fraction of sp³-hybridized carbons (Fsp3) is 0.286. The summed E-state index contributed by atoms with van der Waals surface area (Å²) < 4.78 is 22.7. The monoisotopic (exact) mass is 495 g/mol. The first-order valence-electron chi connectivity index (χ1n) is 12.7. The van der Waals surface area contributed by atoms with Gasteiger partial charge >= 0.3 is 0 Å². The Morgan fingerprint density at radius 3 is 2.76 bits per heavy atom. The molecule has 0 radical (unpaired) electrons. The Morgan fingerprint density at radius 2 is 1.97 bits per heavy atom. The summed E-state index contributed by atoms with van der Waals surface area (Å²) in [4.78, 5) is 16.6. The first-order valence-corrected chi connectivity index (χ1v) is 12.7. The number of nitrogens with one attached hydrogen (secondary N) is 1. The van der Waals surface area contributed by atoms with E-state index in [0.29, 0.717) is 24.6 Å². The second-order valence-electron chi connectivity index (χ2n) is 9.57. The average molecular weight is 496 g/mol. The van der Waals surface area contributed by atoms with Crippen molar-refractivity contribution in [1.29, 1.82) is 0 Å². The third-order valence-electron chi connectivity index (χ3n) is 7.36. The van der Waals surface area contributed by atoms with Gasteiger partial charge in [0, 0.05) is 36.3 Å². The maximum atomic E-state index is 14.9. The van der Waals surface area contributed by atoms with Crippen molar-refractivity contribution >= 4 is 33.7 Å². The molecule has 7 rings (SSSR count). The highest BCUT2D eigenvalue weighted by Gasteiger charge is 2.27. The Kier molecular flexibility index (Phi) is 5.07. The number of aryl methyl sites for hydroxylation is 1. The van der Waals surface area contributed by atoms with E-state index in [-0.39, 0.29) is 11.7 Å². The van der Waals surface area contributed by atoms with Gasteiger partial charge in [-0.3, -0.25) is 14.6 Å². The highest BCUT2D eigenvalue weighted by molar-refractivity contribution is 6.00. The standard InChI is InChI=1S/C28H26FN7O/c1-3-17-4-5-18-6-7-21(29)26-24(18)22(8-9-30-26)36-23-15-19(35-10-12-37-13-11-35)14-20(25(23)32-28(17)36)27-31-16(2)33-34-27/h4-9,14-15,17H,3,10-13H2,1-2H3,(H,31,33,34)/b5-4+. The topological polar surface area (TPSA) is 84.8 Å². The Labute approximate surface area is 212 Å². The van der Waals surface area contributed by atoms with Crippen molar-refractivity contribution in [1.82, 2.24) is 29.7 Å². The zero-order valence-electron chi connectivity index (χ0n) is 20.7. The first-order chi connectivity index (χ1) is 18.1. The van der Waals surface area contributed by atoms with Crippen LogP contribution in [-0.2, 0) is 4.74 Å². The first kappa shape index (κ1) is 22.1. The largest absolute Gasteiger partial charge is 0.378 e. The predicted molar refractivity (Wildman–Crippen MR) is 142 cm³/mol. The minimum Gasteiger partial charge on any atom is -0.378 e.